The fourth-order valence-electron chi connectivity index (χ4n) is 3.67. The zero-order valence-electron chi connectivity index (χ0n) is 17.4. The van der Waals surface area contributed by atoms with Gasteiger partial charge < -0.3 is 9.72 Å². The third-order valence-corrected chi connectivity index (χ3v) is 7.31. The van der Waals surface area contributed by atoms with Crippen LogP contribution in [0.3, 0.4) is 0 Å². The molecule has 0 aliphatic carbocycles. The lowest BCUT2D eigenvalue weighted by atomic mass is 10.1. The van der Waals surface area contributed by atoms with Gasteiger partial charge in [0.15, 0.2) is 0 Å². The van der Waals surface area contributed by atoms with Crippen molar-refractivity contribution in [1.82, 2.24) is 9.29 Å². The maximum absolute atomic E-state index is 13.2. The van der Waals surface area contributed by atoms with Gasteiger partial charge in [-0.25, -0.2) is 8.42 Å². The van der Waals surface area contributed by atoms with E-state index in [9.17, 15) is 18.5 Å². The molecule has 0 amide bonds. The number of para-hydroxylation sites is 1. The number of aromatic amines is 1. The number of morpholine rings is 1. The molecule has 1 aromatic heterocycles. The van der Waals surface area contributed by atoms with Crippen LogP contribution in [0.4, 0.5) is 11.4 Å². The molecule has 2 heterocycles. The molecule has 0 unspecified atom stereocenters. The van der Waals surface area contributed by atoms with Gasteiger partial charge in [-0.05, 0) is 18.1 Å². The summed E-state index contributed by atoms with van der Waals surface area (Å²) < 4.78 is 32.8. The first-order valence-electron chi connectivity index (χ1n) is 10.2. The molecule has 11 heteroatoms. The summed E-state index contributed by atoms with van der Waals surface area (Å²) in [6.45, 7) is 2.99. The van der Waals surface area contributed by atoms with E-state index in [1.54, 1.807) is 6.21 Å². The fourth-order valence-corrected chi connectivity index (χ4v) is 5.24. The van der Waals surface area contributed by atoms with Crippen molar-refractivity contribution < 1.29 is 18.1 Å². The topological polar surface area (TPSA) is 130 Å². The van der Waals surface area contributed by atoms with Crippen LogP contribution in [0.2, 0.25) is 0 Å². The van der Waals surface area contributed by atoms with Crippen LogP contribution in [0, 0.1) is 10.1 Å². The van der Waals surface area contributed by atoms with Crippen molar-refractivity contribution in [3.63, 3.8) is 0 Å². The predicted octanol–water partition coefficient (Wildman–Crippen LogP) is 3.11. The van der Waals surface area contributed by atoms with E-state index in [1.165, 1.54) is 22.0 Å². The van der Waals surface area contributed by atoms with Crippen molar-refractivity contribution >= 4 is 38.5 Å². The molecule has 1 saturated heterocycles. The molecule has 3 aromatic rings. The number of fused-ring (bicyclic) bond motifs is 1. The molecular formula is C21H23N5O5S. The summed E-state index contributed by atoms with van der Waals surface area (Å²) in [7, 11) is -3.97. The highest BCUT2D eigenvalue weighted by molar-refractivity contribution is 7.89. The minimum atomic E-state index is -3.97. The highest BCUT2D eigenvalue weighted by Crippen LogP contribution is 2.29. The first kappa shape index (κ1) is 21.9. The lowest BCUT2D eigenvalue weighted by Gasteiger charge is -2.26. The minimum Gasteiger partial charge on any atom is -0.379 e. The summed E-state index contributed by atoms with van der Waals surface area (Å²) in [4.78, 5) is 13.7. The van der Waals surface area contributed by atoms with Gasteiger partial charge in [-0.15, -0.1) is 0 Å². The second kappa shape index (κ2) is 9.07. The van der Waals surface area contributed by atoms with Crippen molar-refractivity contribution in [2.75, 3.05) is 31.7 Å². The fraction of sp³-hybridized carbons (Fsp3) is 0.286. The lowest BCUT2D eigenvalue weighted by Crippen LogP contribution is -2.40. The lowest BCUT2D eigenvalue weighted by molar-refractivity contribution is -0.385. The summed E-state index contributed by atoms with van der Waals surface area (Å²) in [5.41, 5.74) is 5.65. The predicted molar refractivity (Wildman–Crippen MR) is 122 cm³/mol. The minimum absolute atomic E-state index is 0.160. The summed E-state index contributed by atoms with van der Waals surface area (Å²) >= 11 is 0. The number of ether oxygens (including phenoxy) is 1. The number of aromatic nitrogens is 1. The van der Waals surface area contributed by atoms with Crippen molar-refractivity contribution in [2.24, 2.45) is 5.10 Å². The SMILES string of the molecule is CCc1cccc2c(/C=N/Nc3ccc([N+](=O)[O-])cc3S(=O)(=O)N3CCOCC3)c[nH]c12. The van der Waals surface area contributed by atoms with Gasteiger partial charge in [-0.3, -0.25) is 15.5 Å². The van der Waals surface area contributed by atoms with E-state index in [4.69, 9.17) is 4.74 Å². The van der Waals surface area contributed by atoms with Crippen LogP contribution < -0.4 is 5.43 Å². The molecule has 0 bridgehead atoms. The van der Waals surface area contributed by atoms with Crippen LogP contribution in [-0.2, 0) is 21.2 Å². The Morgan fingerprint density at radius 1 is 1.28 bits per heavy atom. The monoisotopic (exact) mass is 457 g/mol. The Labute approximate surface area is 185 Å². The molecule has 0 spiro atoms. The van der Waals surface area contributed by atoms with Crippen LogP contribution >= 0.6 is 0 Å². The Bertz CT molecular complexity index is 1280. The Kier molecular flexibility index (Phi) is 6.21. The van der Waals surface area contributed by atoms with Gasteiger partial charge in [0.05, 0.1) is 30.0 Å². The van der Waals surface area contributed by atoms with Gasteiger partial charge in [0, 0.05) is 47.9 Å². The van der Waals surface area contributed by atoms with E-state index < -0.39 is 14.9 Å². The highest BCUT2D eigenvalue weighted by Gasteiger charge is 2.30. The highest BCUT2D eigenvalue weighted by atomic mass is 32.2. The number of nitro groups is 1. The maximum atomic E-state index is 13.2. The number of hydrogen-bond acceptors (Lipinski definition) is 7. The number of hydrazone groups is 1. The second-order valence-electron chi connectivity index (χ2n) is 7.26. The number of rotatable bonds is 7. The number of benzene rings is 2. The summed E-state index contributed by atoms with van der Waals surface area (Å²) in [6.07, 6.45) is 4.30. The third kappa shape index (κ3) is 4.22. The molecule has 1 aliphatic heterocycles. The molecule has 0 atom stereocenters. The van der Waals surface area contributed by atoms with Gasteiger partial charge in [-0.2, -0.15) is 9.41 Å². The van der Waals surface area contributed by atoms with Gasteiger partial charge in [-0.1, -0.05) is 25.1 Å². The first-order valence-corrected chi connectivity index (χ1v) is 11.6. The molecule has 0 radical (unpaired) electrons. The number of non-ortho nitro benzene ring substituents is 1. The third-order valence-electron chi connectivity index (χ3n) is 5.37. The Morgan fingerprint density at radius 2 is 2.06 bits per heavy atom. The Hall–Kier alpha value is -3.28. The zero-order chi connectivity index (χ0) is 22.7. The van der Waals surface area contributed by atoms with E-state index in [1.807, 2.05) is 18.3 Å². The van der Waals surface area contributed by atoms with Gasteiger partial charge >= 0.3 is 0 Å². The molecular weight excluding hydrogens is 434 g/mol. The number of hydrogen-bond donors (Lipinski definition) is 2. The first-order chi connectivity index (χ1) is 15.4. The largest absolute Gasteiger partial charge is 0.379 e. The standard InChI is InChI=1S/C21H23N5O5S/c1-2-15-4-3-5-18-16(13-22-21(15)18)14-23-24-19-7-6-17(26(27)28)12-20(19)32(29,30)25-8-10-31-11-9-25/h3-7,12-14,22,24H,2,8-11H2,1H3/b23-14+. The molecule has 2 N–H and O–H groups in total. The normalized spacial score (nSPS) is 15.4. The Morgan fingerprint density at radius 3 is 2.78 bits per heavy atom. The number of sulfonamides is 1. The van der Waals surface area contributed by atoms with E-state index in [0.29, 0.717) is 0 Å². The van der Waals surface area contributed by atoms with E-state index in [2.05, 4.69) is 28.5 Å². The van der Waals surface area contributed by atoms with Gasteiger partial charge in [0.1, 0.15) is 4.90 Å². The Balaban J connectivity index is 1.66. The molecule has 32 heavy (non-hydrogen) atoms. The van der Waals surface area contributed by atoms with Crippen LogP contribution in [0.15, 0.2) is 52.6 Å². The number of aryl methyl sites for hydroxylation is 1. The zero-order valence-corrected chi connectivity index (χ0v) is 18.3. The summed E-state index contributed by atoms with van der Waals surface area (Å²) in [5, 5.41) is 16.4. The van der Waals surface area contributed by atoms with E-state index in [0.717, 1.165) is 29.0 Å². The molecule has 1 aliphatic rings. The van der Waals surface area contributed by atoms with Gasteiger partial charge in [0.25, 0.3) is 5.69 Å². The number of nitro benzene ring substituents is 1. The van der Waals surface area contributed by atoms with Crippen LogP contribution in [0.5, 0.6) is 0 Å². The number of nitrogens with zero attached hydrogens (tertiary/aromatic N) is 3. The quantitative estimate of drug-likeness (QED) is 0.319. The molecule has 1 fully saturated rings. The number of nitrogens with one attached hydrogen (secondary N) is 2. The molecule has 0 saturated carbocycles. The van der Waals surface area contributed by atoms with Crippen LogP contribution in [0.1, 0.15) is 18.1 Å². The van der Waals surface area contributed by atoms with Crippen molar-refractivity contribution in [2.45, 2.75) is 18.2 Å². The number of anilines is 1. The van der Waals surface area contributed by atoms with Gasteiger partial charge in [0.2, 0.25) is 10.0 Å². The van der Waals surface area contributed by atoms with Crippen LogP contribution in [-0.4, -0.2) is 55.1 Å². The maximum Gasteiger partial charge on any atom is 0.270 e. The van der Waals surface area contributed by atoms with Crippen molar-refractivity contribution in [3.8, 4) is 0 Å². The average molecular weight is 458 g/mol. The smallest absolute Gasteiger partial charge is 0.270 e. The summed E-state index contributed by atoms with van der Waals surface area (Å²) in [6, 6.07) is 9.66. The molecule has 2 aromatic carbocycles. The average Bonchev–Trinajstić information content (AvgIpc) is 3.23. The van der Waals surface area contributed by atoms with Crippen LogP contribution in [0.25, 0.3) is 10.9 Å². The molecule has 4 rings (SSSR count). The van der Waals surface area contributed by atoms with Crippen molar-refractivity contribution in [1.29, 1.82) is 0 Å². The van der Waals surface area contributed by atoms with E-state index in [-0.39, 0.29) is 42.6 Å². The molecule has 168 valence electrons. The number of H-pyrrole nitrogens is 1. The molecule has 10 nitrogen and oxygen atoms in total. The second-order valence-corrected chi connectivity index (χ2v) is 9.17. The van der Waals surface area contributed by atoms with E-state index >= 15 is 0 Å². The van der Waals surface area contributed by atoms with Crippen molar-refractivity contribution in [3.05, 3.63) is 63.8 Å². The summed E-state index contributed by atoms with van der Waals surface area (Å²) in [5.74, 6) is 0.